The second-order valence-electron chi connectivity index (χ2n) is 4.11. The quantitative estimate of drug-likeness (QED) is 0.796. The molecule has 0 unspecified atom stereocenters. The van der Waals surface area contributed by atoms with E-state index in [-0.39, 0.29) is 6.54 Å². The van der Waals surface area contributed by atoms with E-state index in [4.69, 9.17) is 0 Å². The molecule has 5 nitrogen and oxygen atoms in total. The fraction of sp³-hybridized carbons (Fsp3) is 0.250. The van der Waals surface area contributed by atoms with E-state index in [1.165, 1.54) is 0 Å². The van der Waals surface area contributed by atoms with Crippen LogP contribution in [0.25, 0.3) is 0 Å². The molecule has 0 aliphatic heterocycles. The molecule has 1 aromatic carbocycles. The molecule has 0 aliphatic rings. The van der Waals surface area contributed by atoms with Crippen LogP contribution in [-0.4, -0.2) is 24.9 Å². The number of aromatic nitrogens is 2. The van der Waals surface area contributed by atoms with Gasteiger partial charge in [0.05, 0.1) is 0 Å². The molecule has 0 fully saturated rings. The summed E-state index contributed by atoms with van der Waals surface area (Å²) in [5, 5.41) is 0. The number of benzene rings is 1. The van der Waals surface area contributed by atoms with Crippen LogP contribution >= 0.6 is 0 Å². The van der Waals surface area contributed by atoms with Crippen LogP contribution in [0.2, 0.25) is 0 Å². The lowest BCUT2D eigenvalue weighted by Crippen LogP contribution is -2.26. The smallest absolute Gasteiger partial charge is 0.243 e. The Morgan fingerprint density at radius 1 is 1.30 bits per heavy atom. The van der Waals surface area contributed by atoms with Gasteiger partial charge in [0.25, 0.3) is 0 Å². The number of sulfonamides is 1. The zero-order valence-corrected chi connectivity index (χ0v) is 11.3. The van der Waals surface area contributed by atoms with Crippen LogP contribution in [0.5, 0.6) is 0 Å². The number of nitrogens with zero attached hydrogens (tertiary/aromatic N) is 1. The Balaban J connectivity index is 1.93. The number of nitrogens with one attached hydrogen (secondary N) is 2. The minimum absolute atomic E-state index is 0.139. The number of hydrogen-bond acceptors (Lipinski definition) is 3. The molecular weight excluding hydrogens is 288 g/mol. The molecule has 0 spiro atoms. The van der Waals surface area contributed by atoms with Gasteiger partial charge in [-0.1, -0.05) is 0 Å². The van der Waals surface area contributed by atoms with Crippen LogP contribution in [0.3, 0.4) is 0 Å². The van der Waals surface area contributed by atoms with E-state index in [9.17, 15) is 17.2 Å². The van der Waals surface area contributed by atoms with Gasteiger partial charge in [-0.25, -0.2) is 26.9 Å². The van der Waals surface area contributed by atoms with Crippen LogP contribution in [-0.2, 0) is 16.4 Å². The normalized spacial score (nSPS) is 11.7. The van der Waals surface area contributed by atoms with Crippen LogP contribution in [0, 0.1) is 11.6 Å². The first-order valence-electron chi connectivity index (χ1n) is 5.92. The molecule has 20 heavy (non-hydrogen) atoms. The number of rotatable bonds is 6. The van der Waals surface area contributed by atoms with Gasteiger partial charge in [0.1, 0.15) is 22.4 Å². The Hall–Kier alpha value is -1.80. The van der Waals surface area contributed by atoms with Gasteiger partial charge < -0.3 is 4.98 Å². The Labute approximate surface area is 115 Å². The molecule has 0 radical (unpaired) electrons. The topological polar surface area (TPSA) is 74.8 Å². The first-order chi connectivity index (χ1) is 9.49. The third kappa shape index (κ3) is 3.61. The molecule has 108 valence electrons. The number of H-pyrrole nitrogens is 1. The third-order valence-corrected chi connectivity index (χ3v) is 4.12. The zero-order valence-electron chi connectivity index (χ0n) is 10.4. The van der Waals surface area contributed by atoms with Crippen LogP contribution in [0.4, 0.5) is 8.78 Å². The van der Waals surface area contributed by atoms with Gasteiger partial charge in [-0.2, -0.15) is 0 Å². The standard InChI is InChI=1S/C12H13F2N3O2S/c13-9-3-4-11(10(14)8-9)20(18,19)17-5-1-2-12-15-6-7-16-12/h3-4,6-8,17H,1-2,5H2,(H,15,16). The predicted molar refractivity (Wildman–Crippen MR) is 68.5 cm³/mol. The Morgan fingerprint density at radius 3 is 2.75 bits per heavy atom. The van der Waals surface area contributed by atoms with Gasteiger partial charge in [-0.15, -0.1) is 0 Å². The summed E-state index contributed by atoms with van der Waals surface area (Å²) >= 11 is 0. The summed E-state index contributed by atoms with van der Waals surface area (Å²) in [6.07, 6.45) is 4.36. The Morgan fingerprint density at radius 2 is 2.10 bits per heavy atom. The maximum Gasteiger partial charge on any atom is 0.243 e. The third-order valence-electron chi connectivity index (χ3n) is 2.62. The average molecular weight is 301 g/mol. The maximum atomic E-state index is 13.4. The van der Waals surface area contributed by atoms with E-state index >= 15 is 0 Å². The average Bonchev–Trinajstić information content (AvgIpc) is 2.87. The van der Waals surface area contributed by atoms with E-state index in [1.807, 2.05) is 0 Å². The highest BCUT2D eigenvalue weighted by Crippen LogP contribution is 2.15. The first kappa shape index (κ1) is 14.6. The largest absolute Gasteiger partial charge is 0.349 e. The van der Waals surface area contributed by atoms with E-state index in [0.29, 0.717) is 18.9 Å². The molecule has 1 aromatic heterocycles. The second kappa shape index (κ2) is 6.10. The van der Waals surface area contributed by atoms with Crippen molar-refractivity contribution in [2.24, 2.45) is 0 Å². The number of hydrogen-bond donors (Lipinski definition) is 2. The van der Waals surface area contributed by atoms with E-state index in [1.54, 1.807) is 12.4 Å². The summed E-state index contributed by atoms with van der Waals surface area (Å²) in [4.78, 5) is 6.33. The van der Waals surface area contributed by atoms with Crippen molar-refractivity contribution in [3.05, 3.63) is 48.1 Å². The Bertz CT molecular complexity index is 672. The van der Waals surface area contributed by atoms with Gasteiger partial charge in [-0.05, 0) is 18.6 Å². The second-order valence-corrected chi connectivity index (χ2v) is 5.85. The summed E-state index contributed by atoms with van der Waals surface area (Å²) < 4.78 is 52.1. The van der Waals surface area contributed by atoms with Gasteiger partial charge in [0.15, 0.2) is 0 Å². The molecule has 0 saturated carbocycles. The van der Waals surface area contributed by atoms with Gasteiger partial charge in [-0.3, -0.25) is 0 Å². The maximum absolute atomic E-state index is 13.4. The molecule has 0 amide bonds. The van der Waals surface area contributed by atoms with Crippen LogP contribution in [0.1, 0.15) is 12.2 Å². The lowest BCUT2D eigenvalue weighted by Gasteiger charge is -2.07. The number of halogens is 2. The monoisotopic (exact) mass is 301 g/mol. The highest BCUT2D eigenvalue weighted by molar-refractivity contribution is 7.89. The molecule has 0 saturated heterocycles. The lowest BCUT2D eigenvalue weighted by molar-refractivity contribution is 0.542. The number of imidazole rings is 1. The SMILES string of the molecule is O=S(=O)(NCCCc1ncc[nH]1)c1ccc(F)cc1F. The van der Waals surface area contributed by atoms with Gasteiger partial charge in [0, 0.05) is 31.4 Å². The molecule has 1 heterocycles. The van der Waals surface area contributed by atoms with E-state index in [2.05, 4.69) is 14.7 Å². The molecule has 0 bridgehead atoms. The lowest BCUT2D eigenvalue weighted by atomic mass is 10.3. The summed E-state index contributed by atoms with van der Waals surface area (Å²) in [6.45, 7) is 0.139. The zero-order chi connectivity index (χ0) is 14.6. The summed E-state index contributed by atoms with van der Waals surface area (Å²) in [5.41, 5.74) is 0. The fourth-order valence-electron chi connectivity index (χ4n) is 1.67. The summed E-state index contributed by atoms with van der Waals surface area (Å²) in [5.74, 6) is -1.18. The molecule has 2 aromatic rings. The van der Waals surface area contributed by atoms with Crippen molar-refractivity contribution in [2.45, 2.75) is 17.7 Å². The van der Waals surface area contributed by atoms with E-state index in [0.717, 1.165) is 18.0 Å². The molecular formula is C12H13F2N3O2S. The van der Waals surface area contributed by atoms with Gasteiger partial charge in [0.2, 0.25) is 10.0 Å². The number of aryl methyl sites for hydroxylation is 1. The van der Waals surface area contributed by atoms with Crippen molar-refractivity contribution in [3.63, 3.8) is 0 Å². The molecule has 2 rings (SSSR count). The van der Waals surface area contributed by atoms with Crippen molar-refractivity contribution in [3.8, 4) is 0 Å². The minimum Gasteiger partial charge on any atom is -0.349 e. The fourth-order valence-corrected chi connectivity index (χ4v) is 2.80. The molecule has 0 atom stereocenters. The highest BCUT2D eigenvalue weighted by atomic mass is 32.2. The van der Waals surface area contributed by atoms with Gasteiger partial charge >= 0.3 is 0 Å². The number of aromatic amines is 1. The first-order valence-corrected chi connectivity index (χ1v) is 7.40. The Kier molecular flexibility index (Phi) is 4.46. The van der Waals surface area contributed by atoms with E-state index < -0.39 is 26.6 Å². The minimum atomic E-state index is -3.97. The highest BCUT2D eigenvalue weighted by Gasteiger charge is 2.18. The summed E-state index contributed by atoms with van der Waals surface area (Å²) in [6, 6.07) is 2.34. The molecule has 2 N–H and O–H groups in total. The van der Waals surface area contributed by atoms with Crippen LogP contribution in [0.15, 0.2) is 35.5 Å². The predicted octanol–water partition coefficient (Wildman–Crippen LogP) is 1.60. The van der Waals surface area contributed by atoms with Crippen molar-refractivity contribution < 1.29 is 17.2 Å². The summed E-state index contributed by atoms with van der Waals surface area (Å²) in [7, 11) is -3.97. The molecule has 8 heteroatoms. The van der Waals surface area contributed by atoms with Crippen molar-refractivity contribution in [1.29, 1.82) is 0 Å². The van der Waals surface area contributed by atoms with Crippen LogP contribution < -0.4 is 4.72 Å². The van der Waals surface area contributed by atoms with Crippen molar-refractivity contribution in [2.75, 3.05) is 6.54 Å². The van der Waals surface area contributed by atoms with Crippen molar-refractivity contribution in [1.82, 2.24) is 14.7 Å². The molecule has 0 aliphatic carbocycles. The van der Waals surface area contributed by atoms with Crippen molar-refractivity contribution >= 4 is 10.0 Å².